The Labute approximate surface area is 160 Å². The van der Waals surface area contributed by atoms with Crippen LogP contribution in [0.15, 0.2) is 47.4 Å². The van der Waals surface area contributed by atoms with E-state index in [9.17, 15) is 13.2 Å². The zero-order valence-corrected chi connectivity index (χ0v) is 16.7. The summed E-state index contributed by atoms with van der Waals surface area (Å²) >= 11 is 0. The number of carbonyl (C=O) groups excluding carboxylic acids is 1. The summed E-state index contributed by atoms with van der Waals surface area (Å²) in [4.78, 5) is 13.7. The van der Waals surface area contributed by atoms with Gasteiger partial charge in [0.2, 0.25) is 15.9 Å². The van der Waals surface area contributed by atoms with Crippen molar-refractivity contribution in [1.29, 1.82) is 0 Å². The predicted molar refractivity (Wildman–Crippen MR) is 108 cm³/mol. The number of hydrogen-bond acceptors (Lipinski definition) is 4. The van der Waals surface area contributed by atoms with Crippen molar-refractivity contribution in [3.05, 3.63) is 53.6 Å². The highest BCUT2D eigenvalue weighted by atomic mass is 32.2. The molecule has 6 nitrogen and oxygen atoms in total. The number of benzene rings is 2. The molecule has 144 valence electrons. The molecule has 0 atom stereocenters. The minimum absolute atomic E-state index is 0.228. The van der Waals surface area contributed by atoms with Gasteiger partial charge in [0.1, 0.15) is 0 Å². The molecule has 0 radical (unpaired) electrons. The third kappa shape index (κ3) is 4.31. The van der Waals surface area contributed by atoms with Gasteiger partial charge in [-0.3, -0.25) is 4.79 Å². The number of nitrogens with zero attached hydrogens (tertiary/aromatic N) is 2. The van der Waals surface area contributed by atoms with Gasteiger partial charge in [0, 0.05) is 44.5 Å². The van der Waals surface area contributed by atoms with Crippen LogP contribution in [-0.2, 0) is 14.8 Å². The standard InChI is InChI=1S/C20H25N3O3S/c1-15-5-4-6-19(13-15)22-9-11-23(12-10-22)27(25,26)20-14-18(21-17(3)24)8-7-16(20)2/h4-8,13-14H,9-12H2,1-3H3,(H,21,24). The molecule has 2 aromatic rings. The Morgan fingerprint density at radius 2 is 1.70 bits per heavy atom. The number of piperazine rings is 1. The highest BCUT2D eigenvalue weighted by Gasteiger charge is 2.30. The molecular weight excluding hydrogens is 362 g/mol. The number of nitrogens with one attached hydrogen (secondary N) is 1. The molecule has 1 aliphatic rings. The second kappa shape index (κ2) is 7.70. The molecule has 1 fully saturated rings. The molecule has 7 heteroatoms. The van der Waals surface area contributed by atoms with E-state index in [0.717, 1.165) is 5.69 Å². The van der Waals surface area contributed by atoms with E-state index in [1.807, 2.05) is 6.07 Å². The number of hydrogen-bond donors (Lipinski definition) is 1. The van der Waals surface area contributed by atoms with Gasteiger partial charge >= 0.3 is 0 Å². The first kappa shape index (κ1) is 19.4. The van der Waals surface area contributed by atoms with Crippen LogP contribution >= 0.6 is 0 Å². The Hall–Kier alpha value is -2.38. The summed E-state index contributed by atoms with van der Waals surface area (Å²) in [7, 11) is -3.61. The summed E-state index contributed by atoms with van der Waals surface area (Å²) in [5, 5.41) is 2.65. The second-order valence-electron chi connectivity index (χ2n) is 6.89. The van der Waals surface area contributed by atoms with Gasteiger partial charge in [-0.15, -0.1) is 0 Å². The molecule has 2 aromatic carbocycles. The Kier molecular flexibility index (Phi) is 5.53. The smallest absolute Gasteiger partial charge is 0.243 e. The maximum atomic E-state index is 13.1. The van der Waals surface area contributed by atoms with Crippen molar-refractivity contribution >= 4 is 27.3 Å². The molecule has 0 unspecified atom stereocenters. The summed E-state index contributed by atoms with van der Waals surface area (Å²) in [5.74, 6) is -0.228. The Bertz CT molecular complexity index is 949. The quantitative estimate of drug-likeness (QED) is 0.876. The lowest BCUT2D eigenvalue weighted by Gasteiger charge is -2.35. The Morgan fingerprint density at radius 3 is 2.33 bits per heavy atom. The van der Waals surface area contributed by atoms with Gasteiger partial charge in [0.25, 0.3) is 0 Å². The van der Waals surface area contributed by atoms with E-state index in [4.69, 9.17) is 0 Å². The van der Waals surface area contributed by atoms with Gasteiger partial charge in [-0.05, 0) is 49.2 Å². The lowest BCUT2D eigenvalue weighted by Crippen LogP contribution is -2.48. The summed E-state index contributed by atoms with van der Waals surface area (Å²) in [5.41, 5.74) is 3.47. The van der Waals surface area contributed by atoms with Crippen molar-refractivity contribution in [2.75, 3.05) is 36.4 Å². The average molecular weight is 388 g/mol. The van der Waals surface area contributed by atoms with Crippen molar-refractivity contribution in [2.24, 2.45) is 0 Å². The number of amides is 1. The van der Waals surface area contributed by atoms with Crippen molar-refractivity contribution in [3.8, 4) is 0 Å². The fourth-order valence-electron chi connectivity index (χ4n) is 3.31. The SMILES string of the molecule is CC(=O)Nc1ccc(C)c(S(=O)(=O)N2CCN(c3cccc(C)c3)CC2)c1. The number of sulfonamides is 1. The Balaban J connectivity index is 1.78. The van der Waals surface area contributed by atoms with Crippen molar-refractivity contribution in [2.45, 2.75) is 25.7 Å². The predicted octanol–water partition coefficient (Wildman–Crippen LogP) is 2.77. The third-order valence-corrected chi connectivity index (χ3v) is 6.77. The lowest BCUT2D eigenvalue weighted by molar-refractivity contribution is -0.114. The zero-order chi connectivity index (χ0) is 19.6. The first-order valence-electron chi connectivity index (χ1n) is 8.97. The number of aryl methyl sites for hydroxylation is 2. The molecule has 3 rings (SSSR count). The molecule has 1 heterocycles. The van der Waals surface area contributed by atoms with E-state index < -0.39 is 10.0 Å². The fraction of sp³-hybridized carbons (Fsp3) is 0.350. The van der Waals surface area contributed by atoms with E-state index in [-0.39, 0.29) is 10.8 Å². The number of rotatable bonds is 4. The monoisotopic (exact) mass is 387 g/mol. The molecule has 1 aliphatic heterocycles. The van der Waals surface area contributed by atoms with Gasteiger partial charge in [0.05, 0.1) is 4.90 Å². The van der Waals surface area contributed by atoms with Crippen molar-refractivity contribution in [1.82, 2.24) is 4.31 Å². The highest BCUT2D eigenvalue weighted by molar-refractivity contribution is 7.89. The van der Waals surface area contributed by atoms with Crippen LogP contribution in [0.25, 0.3) is 0 Å². The van der Waals surface area contributed by atoms with Gasteiger partial charge in [-0.25, -0.2) is 8.42 Å². The van der Waals surface area contributed by atoms with E-state index in [2.05, 4.69) is 35.3 Å². The first-order valence-corrected chi connectivity index (χ1v) is 10.4. The number of carbonyl (C=O) groups is 1. The van der Waals surface area contributed by atoms with Gasteiger partial charge in [-0.2, -0.15) is 4.31 Å². The van der Waals surface area contributed by atoms with Crippen LogP contribution in [0.5, 0.6) is 0 Å². The van der Waals surface area contributed by atoms with Gasteiger partial charge < -0.3 is 10.2 Å². The maximum Gasteiger partial charge on any atom is 0.243 e. The molecule has 0 bridgehead atoms. The molecule has 0 spiro atoms. The van der Waals surface area contributed by atoms with Crippen LogP contribution in [0.2, 0.25) is 0 Å². The van der Waals surface area contributed by atoms with Crippen LogP contribution in [-0.4, -0.2) is 44.8 Å². The Morgan fingerprint density at radius 1 is 1.00 bits per heavy atom. The highest BCUT2D eigenvalue weighted by Crippen LogP contribution is 2.26. The van der Waals surface area contributed by atoms with E-state index in [1.54, 1.807) is 25.1 Å². The average Bonchev–Trinajstić information content (AvgIpc) is 2.63. The zero-order valence-electron chi connectivity index (χ0n) is 15.9. The van der Waals surface area contributed by atoms with Crippen LogP contribution in [0.4, 0.5) is 11.4 Å². The maximum absolute atomic E-state index is 13.1. The second-order valence-corrected chi connectivity index (χ2v) is 8.80. The lowest BCUT2D eigenvalue weighted by atomic mass is 10.2. The largest absolute Gasteiger partial charge is 0.369 e. The van der Waals surface area contributed by atoms with Crippen LogP contribution in [0.3, 0.4) is 0 Å². The molecule has 1 amide bonds. The van der Waals surface area contributed by atoms with Crippen LogP contribution in [0, 0.1) is 13.8 Å². The molecular formula is C20H25N3O3S. The van der Waals surface area contributed by atoms with Crippen LogP contribution in [0.1, 0.15) is 18.1 Å². The first-order chi connectivity index (χ1) is 12.8. The van der Waals surface area contributed by atoms with Gasteiger partial charge in [-0.1, -0.05) is 18.2 Å². The summed E-state index contributed by atoms with van der Waals surface area (Å²) < 4.78 is 27.8. The van der Waals surface area contributed by atoms with E-state index in [0.29, 0.717) is 37.4 Å². The summed E-state index contributed by atoms with van der Waals surface area (Å²) in [6.07, 6.45) is 0. The summed E-state index contributed by atoms with van der Waals surface area (Å²) in [6.45, 7) is 7.38. The number of anilines is 2. The molecule has 1 N–H and O–H groups in total. The van der Waals surface area contributed by atoms with Crippen molar-refractivity contribution < 1.29 is 13.2 Å². The van der Waals surface area contributed by atoms with Crippen LogP contribution < -0.4 is 10.2 Å². The van der Waals surface area contributed by atoms with Crippen molar-refractivity contribution in [3.63, 3.8) is 0 Å². The fourth-order valence-corrected chi connectivity index (χ4v) is 4.98. The normalized spacial score (nSPS) is 15.6. The minimum Gasteiger partial charge on any atom is -0.369 e. The summed E-state index contributed by atoms with van der Waals surface area (Å²) in [6, 6.07) is 13.2. The van der Waals surface area contributed by atoms with Gasteiger partial charge in [0.15, 0.2) is 0 Å². The van der Waals surface area contributed by atoms with E-state index >= 15 is 0 Å². The topological polar surface area (TPSA) is 69.7 Å². The molecule has 0 aromatic heterocycles. The molecule has 0 aliphatic carbocycles. The third-order valence-electron chi connectivity index (χ3n) is 4.73. The minimum atomic E-state index is -3.61. The van der Waals surface area contributed by atoms with E-state index in [1.165, 1.54) is 16.8 Å². The molecule has 27 heavy (non-hydrogen) atoms. The molecule has 0 saturated carbocycles. The molecule has 1 saturated heterocycles.